The number of aromatic nitrogens is 4. The zero-order chi connectivity index (χ0) is 27.0. The van der Waals surface area contributed by atoms with E-state index in [1.807, 2.05) is 11.8 Å². The van der Waals surface area contributed by atoms with Crippen molar-refractivity contribution in [2.75, 3.05) is 49.1 Å². The summed E-state index contributed by atoms with van der Waals surface area (Å²) in [6, 6.07) is 4.26. The molecule has 0 saturated carbocycles. The Hall–Kier alpha value is -3.81. The zero-order valence-electron chi connectivity index (χ0n) is 20.4. The Kier molecular flexibility index (Phi) is 6.90. The molecule has 2 aliphatic heterocycles. The van der Waals surface area contributed by atoms with Gasteiger partial charge in [0, 0.05) is 51.7 Å². The number of rotatable bonds is 4. The molecule has 2 fully saturated rings. The first-order chi connectivity index (χ1) is 18.1. The van der Waals surface area contributed by atoms with Crippen LogP contribution in [-0.4, -0.2) is 82.4 Å². The van der Waals surface area contributed by atoms with E-state index < -0.39 is 29.2 Å². The Labute approximate surface area is 214 Å². The first-order valence-corrected chi connectivity index (χ1v) is 12.1. The second-order valence-corrected chi connectivity index (χ2v) is 9.35. The van der Waals surface area contributed by atoms with Crippen LogP contribution < -0.4 is 15.4 Å². The molecule has 202 valence electrons. The van der Waals surface area contributed by atoms with Crippen molar-refractivity contribution >= 4 is 28.4 Å². The lowest BCUT2D eigenvalue weighted by Gasteiger charge is -2.39. The van der Waals surface area contributed by atoms with Gasteiger partial charge in [0.05, 0.1) is 35.0 Å². The van der Waals surface area contributed by atoms with Gasteiger partial charge in [0.2, 0.25) is 11.9 Å². The number of hydrogen-bond donors (Lipinski definition) is 1. The number of ether oxygens (including phenoxy) is 1. The molecule has 1 aromatic carbocycles. The van der Waals surface area contributed by atoms with Gasteiger partial charge >= 0.3 is 6.18 Å². The number of carbonyl (C=O) groups is 1. The van der Waals surface area contributed by atoms with Crippen LogP contribution in [0.5, 0.6) is 0 Å². The van der Waals surface area contributed by atoms with E-state index in [0.717, 1.165) is 12.4 Å². The first kappa shape index (κ1) is 25.8. The molecule has 0 bridgehead atoms. The van der Waals surface area contributed by atoms with E-state index in [-0.39, 0.29) is 47.5 Å². The maximum Gasteiger partial charge on any atom is 0.419 e. The SMILES string of the molecule is C[C@H]1CN(c2n[nH]c(=O)c3cccc(F)c23)C[C@H](CC(=O)N2CCN(c3ncc(C(F)(F)F)cn3)CC2)O1. The minimum atomic E-state index is -4.51. The third-order valence-electron chi connectivity index (χ3n) is 6.65. The number of halogens is 4. The minimum Gasteiger partial charge on any atom is -0.371 e. The third-order valence-corrected chi connectivity index (χ3v) is 6.65. The van der Waals surface area contributed by atoms with Crippen molar-refractivity contribution in [1.82, 2.24) is 25.1 Å². The largest absolute Gasteiger partial charge is 0.419 e. The van der Waals surface area contributed by atoms with E-state index in [2.05, 4.69) is 20.2 Å². The van der Waals surface area contributed by atoms with Crippen LogP contribution in [0.4, 0.5) is 29.3 Å². The number of fused-ring (bicyclic) bond motifs is 1. The van der Waals surface area contributed by atoms with Gasteiger partial charge in [0.15, 0.2) is 5.82 Å². The van der Waals surface area contributed by atoms with E-state index in [1.165, 1.54) is 18.2 Å². The smallest absolute Gasteiger partial charge is 0.371 e. The molecular formula is C24H25F4N7O3. The number of piperazine rings is 1. The number of H-pyrrole nitrogens is 1. The number of benzene rings is 1. The molecule has 5 rings (SSSR count). The van der Waals surface area contributed by atoms with Gasteiger partial charge in [-0.2, -0.15) is 18.3 Å². The molecule has 2 atom stereocenters. The summed E-state index contributed by atoms with van der Waals surface area (Å²) in [5.74, 6) is -0.228. The molecule has 0 unspecified atom stereocenters. The van der Waals surface area contributed by atoms with Crippen molar-refractivity contribution in [2.45, 2.75) is 31.7 Å². The van der Waals surface area contributed by atoms with Crippen LogP contribution >= 0.6 is 0 Å². The molecule has 38 heavy (non-hydrogen) atoms. The molecule has 1 N–H and O–H groups in total. The summed E-state index contributed by atoms with van der Waals surface area (Å²) < 4.78 is 58.9. The van der Waals surface area contributed by atoms with Gasteiger partial charge in [-0.1, -0.05) is 6.07 Å². The minimum absolute atomic E-state index is 0.0847. The summed E-state index contributed by atoms with van der Waals surface area (Å²) >= 11 is 0. The van der Waals surface area contributed by atoms with Crippen molar-refractivity contribution in [3.05, 3.63) is 52.3 Å². The van der Waals surface area contributed by atoms with Crippen molar-refractivity contribution in [3.63, 3.8) is 0 Å². The quantitative estimate of drug-likeness (QED) is 0.507. The van der Waals surface area contributed by atoms with Gasteiger partial charge in [-0.15, -0.1) is 0 Å². The molecule has 2 saturated heterocycles. The summed E-state index contributed by atoms with van der Waals surface area (Å²) in [7, 11) is 0. The summed E-state index contributed by atoms with van der Waals surface area (Å²) in [6.45, 7) is 3.97. The summed E-state index contributed by atoms with van der Waals surface area (Å²) in [5, 5.41) is 6.83. The average molecular weight is 536 g/mol. The maximum absolute atomic E-state index is 14.7. The number of nitrogens with zero attached hydrogens (tertiary/aromatic N) is 6. The van der Waals surface area contributed by atoms with Gasteiger partial charge in [0.1, 0.15) is 5.82 Å². The number of nitrogens with one attached hydrogen (secondary N) is 1. The van der Waals surface area contributed by atoms with E-state index in [9.17, 15) is 27.2 Å². The molecule has 0 aliphatic carbocycles. The number of morpholine rings is 1. The molecule has 2 aliphatic rings. The lowest BCUT2D eigenvalue weighted by molar-refractivity contribution is -0.138. The topological polar surface area (TPSA) is 108 Å². The normalized spacial score (nSPS) is 20.7. The average Bonchev–Trinajstić information content (AvgIpc) is 2.89. The summed E-state index contributed by atoms with van der Waals surface area (Å²) in [5.41, 5.74) is -1.41. The van der Waals surface area contributed by atoms with Crippen LogP contribution in [0.25, 0.3) is 10.8 Å². The molecule has 1 amide bonds. The molecule has 3 aromatic rings. The molecule has 2 aromatic heterocycles. The van der Waals surface area contributed by atoms with Crippen molar-refractivity contribution in [2.24, 2.45) is 0 Å². The number of alkyl halides is 3. The van der Waals surface area contributed by atoms with Gasteiger partial charge in [-0.3, -0.25) is 9.59 Å². The van der Waals surface area contributed by atoms with Gasteiger partial charge in [-0.25, -0.2) is 19.5 Å². The lowest BCUT2D eigenvalue weighted by atomic mass is 10.1. The van der Waals surface area contributed by atoms with Crippen LogP contribution in [-0.2, 0) is 15.7 Å². The van der Waals surface area contributed by atoms with Crippen LogP contribution in [0, 0.1) is 5.82 Å². The van der Waals surface area contributed by atoms with Crippen LogP contribution in [0.1, 0.15) is 18.9 Å². The summed E-state index contributed by atoms with van der Waals surface area (Å²) in [4.78, 5) is 38.1. The second kappa shape index (κ2) is 10.2. The Morgan fingerprint density at radius 1 is 1.11 bits per heavy atom. The Morgan fingerprint density at radius 3 is 2.50 bits per heavy atom. The number of aromatic amines is 1. The van der Waals surface area contributed by atoms with Crippen LogP contribution in [0.2, 0.25) is 0 Å². The fourth-order valence-electron chi connectivity index (χ4n) is 4.83. The molecule has 10 nitrogen and oxygen atoms in total. The number of anilines is 2. The lowest BCUT2D eigenvalue weighted by Crippen LogP contribution is -2.52. The standard InChI is InChI=1S/C24H25F4N7O3/c1-14-12-35(21-20-17(22(37)32-31-21)3-2-4-18(20)25)13-16(38-14)9-19(36)33-5-7-34(8-6-33)23-29-10-15(11-30-23)24(26,27)28/h2-4,10-11,14,16H,5-9,12-13H2,1H3,(H,32,37)/t14-,16-/m0/s1. The predicted molar refractivity (Wildman–Crippen MR) is 129 cm³/mol. The van der Waals surface area contributed by atoms with Crippen molar-refractivity contribution in [3.8, 4) is 0 Å². The van der Waals surface area contributed by atoms with E-state index in [4.69, 9.17) is 4.74 Å². The Balaban J connectivity index is 1.22. The predicted octanol–water partition coefficient (Wildman–Crippen LogP) is 2.20. The van der Waals surface area contributed by atoms with Gasteiger partial charge < -0.3 is 19.4 Å². The molecule has 0 radical (unpaired) electrons. The zero-order valence-corrected chi connectivity index (χ0v) is 20.4. The highest BCUT2D eigenvalue weighted by atomic mass is 19.4. The van der Waals surface area contributed by atoms with Crippen LogP contribution in [0.15, 0.2) is 35.4 Å². The first-order valence-electron chi connectivity index (χ1n) is 12.1. The molecule has 4 heterocycles. The summed E-state index contributed by atoms with van der Waals surface area (Å²) in [6.07, 6.45) is -3.68. The molecular weight excluding hydrogens is 510 g/mol. The number of carbonyl (C=O) groups excluding carboxylic acids is 1. The molecule has 0 spiro atoms. The monoisotopic (exact) mass is 535 g/mol. The Morgan fingerprint density at radius 2 is 1.82 bits per heavy atom. The Bertz CT molecular complexity index is 1370. The number of hydrogen-bond acceptors (Lipinski definition) is 8. The molecule has 14 heteroatoms. The fourth-order valence-corrected chi connectivity index (χ4v) is 4.83. The number of amides is 1. The third kappa shape index (κ3) is 5.26. The van der Waals surface area contributed by atoms with E-state index in [0.29, 0.717) is 32.7 Å². The highest BCUT2D eigenvalue weighted by Gasteiger charge is 2.33. The van der Waals surface area contributed by atoms with Crippen LogP contribution in [0.3, 0.4) is 0 Å². The fraction of sp³-hybridized carbons (Fsp3) is 0.458. The highest BCUT2D eigenvalue weighted by molar-refractivity contribution is 5.92. The van der Waals surface area contributed by atoms with E-state index >= 15 is 0 Å². The van der Waals surface area contributed by atoms with E-state index in [1.54, 1.807) is 9.80 Å². The second-order valence-electron chi connectivity index (χ2n) is 9.35. The van der Waals surface area contributed by atoms with Crippen molar-refractivity contribution < 1.29 is 27.1 Å². The maximum atomic E-state index is 14.7. The highest BCUT2D eigenvalue weighted by Crippen LogP contribution is 2.29. The van der Waals surface area contributed by atoms with Gasteiger partial charge in [0.25, 0.3) is 5.56 Å². The van der Waals surface area contributed by atoms with Gasteiger partial charge in [-0.05, 0) is 19.1 Å². The van der Waals surface area contributed by atoms with Crippen molar-refractivity contribution in [1.29, 1.82) is 0 Å².